The number of benzene rings is 1. The monoisotopic (exact) mass is 298 g/mol. The van der Waals surface area contributed by atoms with E-state index in [0.717, 1.165) is 6.07 Å². The number of hydrogen-bond acceptors (Lipinski definition) is 3. The van der Waals surface area contributed by atoms with Crippen LogP contribution in [0, 0.1) is 11.3 Å². The van der Waals surface area contributed by atoms with Crippen molar-refractivity contribution in [1.82, 2.24) is 5.32 Å². The van der Waals surface area contributed by atoms with E-state index >= 15 is 0 Å². The van der Waals surface area contributed by atoms with Crippen LogP contribution < -0.4 is 10.1 Å². The van der Waals surface area contributed by atoms with Crippen LogP contribution in [0.5, 0.6) is 5.75 Å². The fourth-order valence-corrected chi connectivity index (χ4v) is 1.48. The lowest BCUT2D eigenvalue weighted by atomic mass is 10.1. The second-order valence-corrected chi connectivity index (χ2v) is 4.11. The van der Waals surface area contributed by atoms with E-state index in [9.17, 15) is 18.0 Å². The van der Waals surface area contributed by atoms with Crippen molar-refractivity contribution in [2.75, 3.05) is 6.54 Å². The first kappa shape index (κ1) is 16.6. The standard InChI is InChI=1S/C14H13F3N2O2/c1-3-6-19-13(20)9(2)21-12-5-4-10(8-18)7-11(12)14(15,16)17/h3-5,7,9H,1,6H2,2H3,(H,19,20). The molecule has 4 nitrogen and oxygen atoms in total. The zero-order valence-electron chi connectivity index (χ0n) is 11.2. The van der Waals surface area contributed by atoms with Crippen LogP contribution in [0.2, 0.25) is 0 Å². The Labute approximate surface area is 119 Å². The molecule has 0 aliphatic rings. The fourth-order valence-electron chi connectivity index (χ4n) is 1.48. The van der Waals surface area contributed by atoms with Crippen LogP contribution in [0.1, 0.15) is 18.1 Å². The summed E-state index contributed by atoms with van der Waals surface area (Å²) < 4.78 is 43.8. The number of rotatable bonds is 5. The van der Waals surface area contributed by atoms with Gasteiger partial charge in [-0.05, 0) is 25.1 Å². The van der Waals surface area contributed by atoms with Gasteiger partial charge in [0.2, 0.25) is 0 Å². The molecule has 0 saturated carbocycles. The molecular weight excluding hydrogens is 285 g/mol. The summed E-state index contributed by atoms with van der Waals surface area (Å²) in [6, 6.07) is 4.53. The molecule has 0 aliphatic heterocycles. The summed E-state index contributed by atoms with van der Waals surface area (Å²) in [4.78, 5) is 11.6. The van der Waals surface area contributed by atoms with Gasteiger partial charge >= 0.3 is 6.18 Å². The van der Waals surface area contributed by atoms with Gasteiger partial charge in [-0.2, -0.15) is 18.4 Å². The third-order valence-electron chi connectivity index (χ3n) is 2.51. The Balaban J connectivity index is 3.00. The lowest BCUT2D eigenvalue weighted by Crippen LogP contribution is -2.36. The van der Waals surface area contributed by atoms with Gasteiger partial charge in [0, 0.05) is 6.54 Å². The maximum absolute atomic E-state index is 12.9. The average Bonchev–Trinajstić information content (AvgIpc) is 2.43. The smallest absolute Gasteiger partial charge is 0.420 e. The fraction of sp³-hybridized carbons (Fsp3) is 0.286. The van der Waals surface area contributed by atoms with Crippen molar-refractivity contribution in [3.63, 3.8) is 0 Å². The van der Waals surface area contributed by atoms with Gasteiger partial charge in [-0.25, -0.2) is 0 Å². The minimum Gasteiger partial charge on any atom is -0.480 e. The Morgan fingerprint density at radius 3 is 2.76 bits per heavy atom. The van der Waals surface area contributed by atoms with Gasteiger partial charge in [-0.1, -0.05) is 6.08 Å². The number of carbonyl (C=O) groups is 1. The first-order chi connectivity index (χ1) is 9.79. The summed E-state index contributed by atoms with van der Waals surface area (Å²) in [6.07, 6.45) is -4.36. The molecule has 0 heterocycles. The molecule has 0 saturated heterocycles. The van der Waals surface area contributed by atoms with Crippen LogP contribution in [0.4, 0.5) is 13.2 Å². The Hall–Kier alpha value is -2.49. The topological polar surface area (TPSA) is 62.1 Å². The Morgan fingerprint density at radius 2 is 2.24 bits per heavy atom. The minimum atomic E-state index is -4.68. The van der Waals surface area contributed by atoms with Gasteiger partial charge < -0.3 is 10.1 Å². The highest BCUT2D eigenvalue weighted by Crippen LogP contribution is 2.37. The second-order valence-electron chi connectivity index (χ2n) is 4.11. The highest BCUT2D eigenvalue weighted by Gasteiger charge is 2.35. The largest absolute Gasteiger partial charge is 0.480 e. The second kappa shape index (κ2) is 6.79. The van der Waals surface area contributed by atoms with Crippen molar-refractivity contribution in [1.29, 1.82) is 5.26 Å². The molecule has 112 valence electrons. The van der Waals surface area contributed by atoms with Crippen molar-refractivity contribution in [3.8, 4) is 11.8 Å². The van der Waals surface area contributed by atoms with E-state index in [1.807, 2.05) is 0 Å². The van der Waals surface area contributed by atoms with Crippen molar-refractivity contribution in [3.05, 3.63) is 42.0 Å². The quantitative estimate of drug-likeness (QED) is 0.850. The minimum absolute atomic E-state index is 0.140. The van der Waals surface area contributed by atoms with Gasteiger partial charge in [-0.3, -0.25) is 4.79 Å². The number of ether oxygens (including phenoxy) is 1. The molecule has 7 heteroatoms. The number of amides is 1. The zero-order chi connectivity index (χ0) is 16.0. The van der Waals surface area contributed by atoms with E-state index in [0.29, 0.717) is 6.07 Å². The molecular formula is C14H13F3N2O2. The summed E-state index contributed by atoms with van der Waals surface area (Å²) in [5.74, 6) is -1.06. The van der Waals surface area contributed by atoms with Crippen LogP contribution in [-0.2, 0) is 11.0 Å². The molecule has 1 rings (SSSR count). The number of halogens is 3. The number of hydrogen-bond donors (Lipinski definition) is 1. The molecule has 0 fully saturated rings. The molecule has 0 aliphatic carbocycles. The number of alkyl halides is 3. The lowest BCUT2D eigenvalue weighted by molar-refractivity contribution is -0.140. The average molecular weight is 298 g/mol. The van der Waals surface area contributed by atoms with Gasteiger partial charge in [0.25, 0.3) is 5.91 Å². The summed E-state index contributed by atoms with van der Waals surface area (Å²) >= 11 is 0. The number of nitriles is 1. The van der Waals surface area contributed by atoms with Gasteiger partial charge in [0.15, 0.2) is 6.10 Å². The number of carbonyl (C=O) groups excluding carboxylic acids is 1. The molecule has 0 radical (unpaired) electrons. The first-order valence-electron chi connectivity index (χ1n) is 5.96. The van der Waals surface area contributed by atoms with Crippen LogP contribution >= 0.6 is 0 Å². The SMILES string of the molecule is C=CCNC(=O)C(C)Oc1ccc(C#N)cc1C(F)(F)F. The molecule has 1 aromatic carbocycles. The predicted octanol–water partition coefficient (Wildman–Crippen LogP) is 2.65. The van der Waals surface area contributed by atoms with Crippen molar-refractivity contribution < 1.29 is 22.7 Å². The third kappa shape index (κ3) is 4.53. The maximum Gasteiger partial charge on any atom is 0.420 e. The number of nitrogens with zero attached hydrogens (tertiary/aromatic N) is 1. The van der Waals surface area contributed by atoms with Crippen molar-refractivity contribution in [2.24, 2.45) is 0 Å². The zero-order valence-corrected chi connectivity index (χ0v) is 11.2. The van der Waals surface area contributed by atoms with E-state index in [-0.39, 0.29) is 12.1 Å². The van der Waals surface area contributed by atoms with Crippen LogP contribution in [0.3, 0.4) is 0 Å². The van der Waals surface area contributed by atoms with Crippen LogP contribution in [-0.4, -0.2) is 18.6 Å². The third-order valence-corrected chi connectivity index (χ3v) is 2.51. The van der Waals surface area contributed by atoms with Gasteiger partial charge in [-0.15, -0.1) is 6.58 Å². The molecule has 0 aromatic heterocycles. The van der Waals surface area contributed by atoms with Gasteiger partial charge in [0.1, 0.15) is 5.75 Å². The van der Waals surface area contributed by atoms with E-state index in [1.165, 1.54) is 19.1 Å². The van der Waals surface area contributed by atoms with E-state index in [4.69, 9.17) is 10.00 Å². The van der Waals surface area contributed by atoms with E-state index in [1.54, 1.807) is 6.07 Å². The molecule has 0 spiro atoms. The highest BCUT2D eigenvalue weighted by molar-refractivity contribution is 5.80. The Kier molecular flexibility index (Phi) is 5.36. The molecule has 0 bridgehead atoms. The van der Waals surface area contributed by atoms with Gasteiger partial charge in [0.05, 0.1) is 17.2 Å². The predicted molar refractivity (Wildman–Crippen MR) is 69.5 cm³/mol. The Bertz CT molecular complexity index is 577. The molecule has 1 N–H and O–H groups in total. The van der Waals surface area contributed by atoms with Crippen LogP contribution in [0.25, 0.3) is 0 Å². The summed E-state index contributed by atoms with van der Waals surface area (Å²) in [5, 5.41) is 11.1. The summed E-state index contributed by atoms with van der Waals surface area (Å²) in [7, 11) is 0. The summed E-state index contributed by atoms with van der Waals surface area (Å²) in [5.41, 5.74) is -1.23. The molecule has 1 amide bonds. The highest BCUT2D eigenvalue weighted by atomic mass is 19.4. The van der Waals surface area contributed by atoms with Crippen LogP contribution in [0.15, 0.2) is 30.9 Å². The van der Waals surface area contributed by atoms with Crippen molar-refractivity contribution >= 4 is 5.91 Å². The van der Waals surface area contributed by atoms with E-state index in [2.05, 4.69) is 11.9 Å². The van der Waals surface area contributed by atoms with E-state index < -0.39 is 29.5 Å². The van der Waals surface area contributed by atoms with Crippen molar-refractivity contribution in [2.45, 2.75) is 19.2 Å². The Morgan fingerprint density at radius 1 is 1.57 bits per heavy atom. The maximum atomic E-state index is 12.9. The number of nitrogens with one attached hydrogen (secondary N) is 1. The molecule has 1 aromatic rings. The molecule has 1 unspecified atom stereocenters. The molecule has 21 heavy (non-hydrogen) atoms. The summed E-state index contributed by atoms with van der Waals surface area (Å²) in [6.45, 7) is 4.92. The normalized spacial score (nSPS) is 12.1. The lowest BCUT2D eigenvalue weighted by Gasteiger charge is -2.18. The first-order valence-corrected chi connectivity index (χ1v) is 5.96. The molecule has 1 atom stereocenters.